The normalized spacial score (nSPS) is 13.9. The van der Waals surface area contributed by atoms with Crippen LogP contribution in [-0.2, 0) is 0 Å². The summed E-state index contributed by atoms with van der Waals surface area (Å²) in [5.74, 6) is 0. The van der Waals surface area contributed by atoms with Crippen molar-refractivity contribution >= 4 is 0 Å². The van der Waals surface area contributed by atoms with Crippen molar-refractivity contribution in [3.63, 3.8) is 0 Å². The van der Waals surface area contributed by atoms with Crippen molar-refractivity contribution in [2.45, 2.75) is 13.0 Å². The van der Waals surface area contributed by atoms with Crippen LogP contribution in [-0.4, -0.2) is 36.0 Å². The molecule has 0 aliphatic rings. The first-order chi connectivity index (χ1) is 3.81. The molecule has 0 spiro atoms. The summed E-state index contributed by atoms with van der Waals surface area (Å²) < 4.78 is 0. The van der Waals surface area contributed by atoms with Crippen molar-refractivity contribution in [3.05, 3.63) is 0 Å². The lowest BCUT2D eigenvalue weighted by molar-refractivity contribution is 0.234. The van der Waals surface area contributed by atoms with Gasteiger partial charge >= 0.3 is 0 Å². The third-order valence-electron chi connectivity index (χ3n) is 0.878. The van der Waals surface area contributed by atoms with Gasteiger partial charge in [-0.3, -0.25) is 0 Å². The van der Waals surface area contributed by atoms with Gasteiger partial charge < -0.3 is 15.5 Å². The highest BCUT2D eigenvalue weighted by Crippen LogP contribution is 1.73. The molecule has 8 heavy (non-hydrogen) atoms. The van der Waals surface area contributed by atoms with E-state index in [-0.39, 0.29) is 19.3 Å². The summed E-state index contributed by atoms with van der Waals surface area (Å²) in [7, 11) is 0. The summed E-state index contributed by atoms with van der Waals surface area (Å²) in [6, 6.07) is 0.0992. The molecule has 0 rings (SSSR count). The van der Waals surface area contributed by atoms with E-state index in [9.17, 15) is 0 Å². The van der Waals surface area contributed by atoms with E-state index in [1.54, 1.807) is 0 Å². The molecule has 3 heteroatoms. The number of nitrogens with one attached hydrogen (secondary N) is 1. The molecule has 0 saturated carbocycles. The van der Waals surface area contributed by atoms with Crippen LogP contribution >= 0.6 is 0 Å². The Labute approximate surface area is 49.3 Å². The zero-order chi connectivity index (χ0) is 6.41. The standard InChI is InChI=1S/C5H13NO2/c1-5(4-8)6-2-3-7/h5-8H,2-4H2,1H3/t5-/m0/s1. The number of aliphatic hydroxyl groups excluding tert-OH is 2. The molecule has 0 aliphatic heterocycles. The van der Waals surface area contributed by atoms with E-state index in [1.165, 1.54) is 0 Å². The highest BCUT2D eigenvalue weighted by Gasteiger charge is 1.93. The Morgan fingerprint density at radius 2 is 2.12 bits per heavy atom. The number of aliphatic hydroxyl groups is 2. The van der Waals surface area contributed by atoms with Gasteiger partial charge in [0.1, 0.15) is 0 Å². The van der Waals surface area contributed by atoms with Gasteiger partial charge in [0.05, 0.1) is 13.2 Å². The van der Waals surface area contributed by atoms with Crippen LogP contribution in [0.1, 0.15) is 6.92 Å². The van der Waals surface area contributed by atoms with Crippen LogP contribution in [0.3, 0.4) is 0 Å². The fourth-order valence-corrected chi connectivity index (χ4v) is 0.375. The summed E-state index contributed by atoms with van der Waals surface area (Å²) in [6.45, 7) is 2.67. The molecule has 0 fully saturated rings. The fourth-order valence-electron chi connectivity index (χ4n) is 0.375. The Bertz CT molecular complexity index is 49.7. The number of rotatable bonds is 4. The van der Waals surface area contributed by atoms with E-state index in [2.05, 4.69) is 5.32 Å². The van der Waals surface area contributed by atoms with Gasteiger partial charge in [-0.05, 0) is 6.92 Å². The molecular formula is C5H13NO2. The molecule has 0 amide bonds. The molecular weight excluding hydrogens is 106 g/mol. The maximum atomic E-state index is 8.42. The van der Waals surface area contributed by atoms with E-state index < -0.39 is 0 Å². The summed E-state index contributed by atoms with van der Waals surface area (Å²) in [4.78, 5) is 0. The maximum absolute atomic E-state index is 8.42. The molecule has 3 N–H and O–H groups in total. The van der Waals surface area contributed by atoms with Crippen LogP contribution in [0.15, 0.2) is 0 Å². The lowest BCUT2D eigenvalue weighted by atomic mass is 10.4. The molecule has 0 aromatic rings. The Morgan fingerprint density at radius 1 is 1.50 bits per heavy atom. The molecule has 3 nitrogen and oxygen atoms in total. The molecule has 0 aromatic carbocycles. The van der Waals surface area contributed by atoms with Gasteiger partial charge in [0.2, 0.25) is 0 Å². The van der Waals surface area contributed by atoms with Crippen LogP contribution in [0, 0.1) is 0 Å². The molecule has 0 saturated heterocycles. The first kappa shape index (κ1) is 7.88. The van der Waals surface area contributed by atoms with E-state index >= 15 is 0 Å². The van der Waals surface area contributed by atoms with E-state index in [4.69, 9.17) is 10.2 Å². The lowest BCUT2D eigenvalue weighted by Gasteiger charge is -2.07. The minimum Gasteiger partial charge on any atom is -0.395 e. The van der Waals surface area contributed by atoms with Gasteiger partial charge in [0.15, 0.2) is 0 Å². The molecule has 0 bridgehead atoms. The first-order valence-corrected chi connectivity index (χ1v) is 2.76. The quantitative estimate of drug-likeness (QED) is 0.442. The molecule has 0 aliphatic carbocycles. The first-order valence-electron chi connectivity index (χ1n) is 2.76. The van der Waals surface area contributed by atoms with Gasteiger partial charge in [-0.25, -0.2) is 0 Å². The van der Waals surface area contributed by atoms with Gasteiger partial charge in [-0.1, -0.05) is 0 Å². The molecule has 0 heterocycles. The van der Waals surface area contributed by atoms with Crippen LogP contribution in [0.2, 0.25) is 0 Å². The fraction of sp³-hybridized carbons (Fsp3) is 1.00. The monoisotopic (exact) mass is 119 g/mol. The molecule has 1 atom stereocenters. The van der Waals surface area contributed by atoms with Crippen molar-refractivity contribution in [1.29, 1.82) is 0 Å². The third kappa shape index (κ3) is 4.05. The van der Waals surface area contributed by atoms with E-state index in [0.29, 0.717) is 6.54 Å². The second-order valence-electron chi connectivity index (χ2n) is 1.76. The van der Waals surface area contributed by atoms with Gasteiger partial charge in [-0.2, -0.15) is 0 Å². The summed E-state index contributed by atoms with van der Waals surface area (Å²) in [5, 5.41) is 19.6. The maximum Gasteiger partial charge on any atom is 0.0581 e. The zero-order valence-electron chi connectivity index (χ0n) is 5.09. The minimum absolute atomic E-state index is 0.0992. The molecule has 0 unspecified atom stereocenters. The van der Waals surface area contributed by atoms with Crippen molar-refractivity contribution in [1.82, 2.24) is 5.32 Å². The molecule has 50 valence electrons. The molecule has 0 aromatic heterocycles. The number of hydrogen-bond acceptors (Lipinski definition) is 3. The van der Waals surface area contributed by atoms with Gasteiger partial charge in [0, 0.05) is 12.6 Å². The lowest BCUT2D eigenvalue weighted by Crippen LogP contribution is -2.31. The van der Waals surface area contributed by atoms with Gasteiger partial charge in [-0.15, -0.1) is 0 Å². The topological polar surface area (TPSA) is 52.5 Å². The summed E-state index contributed by atoms with van der Waals surface area (Å²) in [6.07, 6.45) is 0. The Morgan fingerprint density at radius 3 is 2.50 bits per heavy atom. The van der Waals surface area contributed by atoms with Crippen molar-refractivity contribution in [2.24, 2.45) is 0 Å². The number of hydrogen-bond donors (Lipinski definition) is 3. The minimum atomic E-state index is 0.0992. The van der Waals surface area contributed by atoms with Crippen LogP contribution in [0.25, 0.3) is 0 Å². The predicted octanol–water partition coefficient (Wildman–Crippen LogP) is -1.05. The van der Waals surface area contributed by atoms with Crippen molar-refractivity contribution in [2.75, 3.05) is 19.8 Å². The van der Waals surface area contributed by atoms with Crippen LogP contribution < -0.4 is 5.32 Å². The van der Waals surface area contributed by atoms with Crippen LogP contribution in [0.4, 0.5) is 0 Å². The van der Waals surface area contributed by atoms with E-state index in [0.717, 1.165) is 0 Å². The van der Waals surface area contributed by atoms with Crippen molar-refractivity contribution < 1.29 is 10.2 Å². The summed E-state index contributed by atoms with van der Waals surface area (Å²) >= 11 is 0. The van der Waals surface area contributed by atoms with Gasteiger partial charge in [0.25, 0.3) is 0 Å². The zero-order valence-corrected chi connectivity index (χ0v) is 5.09. The van der Waals surface area contributed by atoms with E-state index in [1.807, 2.05) is 6.92 Å². The molecule has 0 radical (unpaired) electrons. The summed E-state index contributed by atoms with van der Waals surface area (Å²) in [5.41, 5.74) is 0. The Kier molecular flexibility index (Phi) is 4.95. The average molecular weight is 119 g/mol. The second kappa shape index (κ2) is 5.03. The predicted molar refractivity (Wildman–Crippen MR) is 31.6 cm³/mol. The third-order valence-corrected chi connectivity index (χ3v) is 0.878. The Hall–Kier alpha value is -0.120. The Balaban J connectivity index is 2.86. The van der Waals surface area contributed by atoms with Crippen LogP contribution in [0.5, 0.6) is 0 Å². The smallest absolute Gasteiger partial charge is 0.0581 e. The second-order valence-corrected chi connectivity index (χ2v) is 1.76. The highest BCUT2D eigenvalue weighted by atomic mass is 16.3. The highest BCUT2D eigenvalue weighted by molar-refractivity contribution is 4.55. The SMILES string of the molecule is C[C@@H](CO)NCCO. The average Bonchev–Trinajstić information content (AvgIpc) is 1.83. The largest absolute Gasteiger partial charge is 0.395 e. The van der Waals surface area contributed by atoms with Crippen molar-refractivity contribution in [3.8, 4) is 0 Å².